The number of fused-ring (bicyclic) bond motifs is 1. The first-order chi connectivity index (χ1) is 14.2. The van der Waals surface area contributed by atoms with Crippen molar-refractivity contribution in [1.82, 2.24) is 0 Å². The van der Waals surface area contributed by atoms with Gasteiger partial charge in [0.25, 0.3) is 0 Å². The molecule has 2 aliphatic carbocycles. The van der Waals surface area contributed by atoms with Gasteiger partial charge in [0, 0.05) is 12.8 Å². The lowest BCUT2D eigenvalue weighted by Gasteiger charge is -2.49. The number of nitrogens with zero attached hydrogens (tertiary/aromatic N) is 1. The third-order valence-electron chi connectivity index (χ3n) is 8.00. The first kappa shape index (κ1) is 24.7. The number of rotatable bonds is 12. The molecule has 1 saturated carbocycles. The molecule has 30 heavy (non-hydrogen) atoms. The maximum absolute atomic E-state index is 11.8. The Morgan fingerprint density at radius 2 is 2.03 bits per heavy atom. The Hall–Kier alpha value is -1.56. The zero-order valence-corrected chi connectivity index (χ0v) is 19.8. The van der Waals surface area contributed by atoms with Crippen LogP contribution in [0, 0.1) is 46.3 Å². The van der Waals surface area contributed by atoms with Gasteiger partial charge in [-0.25, -0.2) is 0 Å². The smallest absolute Gasteiger partial charge is 0.303 e. The minimum atomic E-state index is -0.676. The van der Waals surface area contributed by atoms with E-state index in [0.29, 0.717) is 24.2 Å². The van der Waals surface area contributed by atoms with Gasteiger partial charge in [-0.05, 0) is 80.0 Å². The lowest BCUT2D eigenvalue weighted by atomic mass is 9.55. The van der Waals surface area contributed by atoms with E-state index in [2.05, 4.69) is 46.4 Å². The third-order valence-corrected chi connectivity index (χ3v) is 8.00. The zero-order valence-electron chi connectivity index (χ0n) is 19.8. The lowest BCUT2D eigenvalue weighted by molar-refractivity contribution is -0.140. The Bertz CT molecular complexity index is 671. The van der Waals surface area contributed by atoms with Crippen LogP contribution in [-0.2, 0) is 4.79 Å². The summed E-state index contributed by atoms with van der Waals surface area (Å²) in [6, 6.07) is 2.21. The van der Waals surface area contributed by atoms with Crippen LogP contribution in [0.2, 0.25) is 0 Å². The fourth-order valence-corrected chi connectivity index (χ4v) is 6.37. The summed E-state index contributed by atoms with van der Waals surface area (Å²) in [6.45, 7) is 13.8. The van der Waals surface area contributed by atoms with E-state index < -0.39 is 5.97 Å². The van der Waals surface area contributed by atoms with Crippen LogP contribution in [0.3, 0.4) is 0 Å². The molecule has 0 aromatic carbocycles. The van der Waals surface area contributed by atoms with Gasteiger partial charge >= 0.3 is 5.97 Å². The standard InChI is InChI=1S/C27H43NO2/c1-19(2)10-9-12-21(4)24-13-14-25-23(18-26(29)30)22(15-16-27(24,25)5)20(3)11-7-6-8-17-28/h13,19,21-23,25H,3,6-12,14-16,18H2,1-2,4-5H3,(H,29,30)/t21-,22-,23-,25+,27-/m1/s1. The number of hydrogen-bond donors (Lipinski definition) is 1. The average molecular weight is 414 g/mol. The molecule has 0 aromatic heterocycles. The summed E-state index contributed by atoms with van der Waals surface area (Å²) in [6.07, 6.45) is 13.2. The van der Waals surface area contributed by atoms with Crippen molar-refractivity contribution in [3.8, 4) is 6.07 Å². The number of unbranched alkanes of at least 4 members (excludes halogenated alkanes) is 2. The van der Waals surface area contributed by atoms with E-state index in [-0.39, 0.29) is 17.8 Å². The van der Waals surface area contributed by atoms with Gasteiger partial charge in [-0.2, -0.15) is 5.26 Å². The maximum atomic E-state index is 11.8. The molecule has 5 atom stereocenters. The van der Waals surface area contributed by atoms with E-state index in [0.717, 1.165) is 44.4 Å². The van der Waals surface area contributed by atoms with Crippen LogP contribution in [0.25, 0.3) is 0 Å². The summed E-state index contributed by atoms with van der Waals surface area (Å²) in [5.41, 5.74) is 2.97. The van der Waals surface area contributed by atoms with Gasteiger partial charge in [0.1, 0.15) is 0 Å². The molecule has 3 heteroatoms. The minimum absolute atomic E-state index is 0.148. The zero-order chi connectivity index (χ0) is 22.3. The second-order valence-electron chi connectivity index (χ2n) is 10.6. The van der Waals surface area contributed by atoms with Crippen molar-refractivity contribution >= 4 is 5.97 Å². The van der Waals surface area contributed by atoms with Gasteiger partial charge in [0.15, 0.2) is 0 Å². The Balaban J connectivity index is 2.09. The molecule has 2 rings (SSSR count). The van der Waals surface area contributed by atoms with Crippen LogP contribution in [0.4, 0.5) is 0 Å². The van der Waals surface area contributed by atoms with Crippen molar-refractivity contribution in [1.29, 1.82) is 5.26 Å². The summed E-state index contributed by atoms with van der Waals surface area (Å²) < 4.78 is 0. The van der Waals surface area contributed by atoms with Gasteiger partial charge in [-0.15, -0.1) is 0 Å². The Morgan fingerprint density at radius 3 is 2.67 bits per heavy atom. The van der Waals surface area contributed by atoms with E-state index in [1.165, 1.54) is 24.8 Å². The molecule has 2 aliphatic rings. The minimum Gasteiger partial charge on any atom is -0.481 e. The van der Waals surface area contributed by atoms with Gasteiger partial charge in [0.05, 0.1) is 6.07 Å². The number of aliphatic carboxylic acids is 1. The maximum Gasteiger partial charge on any atom is 0.303 e. The normalized spacial score (nSPS) is 29.2. The highest BCUT2D eigenvalue weighted by Crippen LogP contribution is 2.60. The Kier molecular flexibility index (Phi) is 9.20. The highest BCUT2D eigenvalue weighted by Gasteiger charge is 2.51. The van der Waals surface area contributed by atoms with E-state index in [1.807, 2.05) is 0 Å². The summed E-state index contributed by atoms with van der Waals surface area (Å²) in [5.74, 6) is 1.59. The van der Waals surface area contributed by atoms with Crippen LogP contribution in [0.1, 0.15) is 98.3 Å². The fraction of sp³-hybridized carbons (Fsp3) is 0.778. The van der Waals surface area contributed by atoms with Gasteiger partial charge < -0.3 is 5.11 Å². The van der Waals surface area contributed by atoms with Crippen molar-refractivity contribution in [3.05, 3.63) is 23.8 Å². The highest BCUT2D eigenvalue weighted by atomic mass is 16.4. The number of carboxylic acids is 1. The SMILES string of the molecule is C=C(CCCCC#N)[C@H]1CC[C@]2(C)C([C@H](C)CCCC(C)C)=CC[C@H]2[C@@H]1CC(=O)O. The molecule has 0 aromatic rings. The van der Waals surface area contributed by atoms with Crippen LogP contribution >= 0.6 is 0 Å². The molecule has 0 radical (unpaired) electrons. The van der Waals surface area contributed by atoms with Crippen LogP contribution < -0.4 is 0 Å². The lowest BCUT2D eigenvalue weighted by Crippen LogP contribution is -2.42. The van der Waals surface area contributed by atoms with Crippen LogP contribution in [0.5, 0.6) is 0 Å². The number of carbonyl (C=O) groups is 1. The molecule has 0 aliphatic heterocycles. The molecule has 0 bridgehead atoms. The van der Waals surface area contributed by atoms with E-state index >= 15 is 0 Å². The molecule has 0 amide bonds. The van der Waals surface area contributed by atoms with E-state index in [1.54, 1.807) is 5.57 Å². The van der Waals surface area contributed by atoms with Crippen molar-refractivity contribution in [2.24, 2.45) is 35.0 Å². The predicted molar refractivity (Wildman–Crippen MR) is 124 cm³/mol. The molecular formula is C27H43NO2. The number of carboxylic acid groups (broad SMARTS) is 1. The molecule has 0 spiro atoms. The Labute approximate surface area is 184 Å². The summed E-state index contributed by atoms with van der Waals surface area (Å²) in [5, 5.41) is 18.4. The molecule has 3 nitrogen and oxygen atoms in total. The molecule has 0 saturated heterocycles. The summed E-state index contributed by atoms with van der Waals surface area (Å²) in [7, 11) is 0. The van der Waals surface area contributed by atoms with Crippen molar-refractivity contribution in [2.45, 2.75) is 98.3 Å². The third kappa shape index (κ3) is 5.99. The summed E-state index contributed by atoms with van der Waals surface area (Å²) in [4.78, 5) is 11.8. The largest absolute Gasteiger partial charge is 0.481 e. The first-order valence-corrected chi connectivity index (χ1v) is 12.2. The molecule has 168 valence electrons. The van der Waals surface area contributed by atoms with Crippen molar-refractivity contribution in [2.75, 3.05) is 0 Å². The van der Waals surface area contributed by atoms with Gasteiger partial charge in [-0.3, -0.25) is 4.79 Å². The molecule has 0 unspecified atom stereocenters. The topological polar surface area (TPSA) is 61.1 Å². The van der Waals surface area contributed by atoms with Crippen molar-refractivity contribution in [3.63, 3.8) is 0 Å². The molecule has 1 N–H and O–H groups in total. The summed E-state index contributed by atoms with van der Waals surface area (Å²) >= 11 is 0. The number of allylic oxidation sites excluding steroid dienone is 3. The van der Waals surface area contributed by atoms with Crippen LogP contribution in [-0.4, -0.2) is 11.1 Å². The number of hydrogen-bond acceptors (Lipinski definition) is 2. The average Bonchev–Trinajstić information content (AvgIpc) is 3.02. The molecule has 1 fully saturated rings. The van der Waals surface area contributed by atoms with E-state index in [9.17, 15) is 9.90 Å². The van der Waals surface area contributed by atoms with Gasteiger partial charge in [-0.1, -0.05) is 64.3 Å². The van der Waals surface area contributed by atoms with Crippen LogP contribution in [0.15, 0.2) is 23.8 Å². The second-order valence-corrected chi connectivity index (χ2v) is 10.6. The fourth-order valence-electron chi connectivity index (χ4n) is 6.37. The quantitative estimate of drug-likeness (QED) is 0.265. The Morgan fingerprint density at radius 1 is 1.30 bits per heavy atom. The van der Waals surface area contributed by atoms with Gasteiger partial charge in [0.2, 0.25) is 0 Å². The van der Waals surface area contributed by atoms with E-state index in [4.69, 9.17) is 5.26 Å². The second kappa shape index (κ2) is 11.2. The molecule has 0 heterocycles. The highest BCUT2D eigenvalue weighted by molar-refractivity contribution is 5.67. The number of nitriles is 1. The van der Waals surface area contributed by atoms with Crippen molar-refractivity contribution < 1.29 is 9.90 Å². The predicted octanol–water partition coefficient (Wildman–Crippen LogP) is 7.54. The first-order valence-electron chi connectivity index (χ1n) is 12.2. The molecular weight excluding hydrogens is 370 g/mol. The monoisotopic (exact) mass is 413 g/mol.